The summed E-state index contributed by atoms with van der Waals surface area (Å²) in [5.41, 5.74) is 0. The van der Waals surface area contributed by atoms with Gasteiger partial charge in [-0.2, -0.15) is 5.26 Å². The highest BCUT2D eigenvalue weighted by Gasteiger charge is 2.17. The Morgan fingerprint density at radius 3 is 2.45 bits per heavy atom. The molecular weight excluding hydrogens is 156 g/mol. The van der Waals surface area contributed by atoms with Crippen LogP contribution in [0.2, 0.25) is 19.6 Å². The van der Waals surface area contributed by atoms with Crippen LogP contribution in [0.1, 0.15) is 5.82 Å². The highest BCUT2D eigenvalue weighted by Crippen LogP contribution is 2.02. The summed E-state index contributed by atoms with van der Waals surface area (Å²) in [7, 11) is -1.44. The zero-order valence-corrected chi connectivity index (χ0v) is 7.87. The van der Waals surface area contributed by atoms with Crippen molar-refractivity contribution >= 4 is 8.24 Å². The molecule has 0 N–H and O–H groups in total. The van der Waals surface area contributed by atoms with E-state index in [2.05, 4.69) is 29.7 Å². The Balaban J connectivity index is 3.01. The van der Waals surface area contributed by atoms with Crippen LogP contribution in [0, 0.1) is 11.3 Å². The molecule has 0 fully saturated rings. The smallest absolute Gasteiger partial charge is 0.251 e. The van der Waals surface area contributed by atoms with Gasteiger partial charge >= 0.3 is 0 Å². The Hall–Kier alpha value is -1.15. The van der Waals surface area contributed by atoms with Crippen molar-refractivity contribution in [2.45, 2.75) is 19.6 Å². The zero-order valence-electron chi connectivity index (χ0n) is 6.87. The molecule has 0 aliphatic heterocycles. The lowest BCUT2D eigenvalue weighted by Gasteiger charge is -2.14. The molecule has 1 aromatic rings. The third-order valence-corrected chi connectivity index (χ3v) is 2.87. The number of nitrogens with zero attached hydrogens (tertiary/aromatic N) is 4. The van der Waals surface area contributed by atoms with Crippen LogP contribution in [0.4, 0.5) is 0 Å². The summed E-state index contributed by atoms with van der Waals surface area (Å²) < 4.78 is 1.81. The van der Waals surface area contributed by atoms with Crippen molar-refractivity contribution in [2.75, 3.05) is 0 Å². The lowest BCUT2D eigenvalue weighted by molar-refractivity contribution is 0.924. The number of hydrogen-bond acceptors (Lipinski definition) is 3. The van der Waals surface area contributed by atoms with Crippen LogP contribution in [-0.4, -0.2) is 22.7 Å². The molecule has 58 valence electrons. The second-order valence-electron chi connectivity index (χ2n) is 3.30. The van der Waals surface area contributed by atoms with Gasteiger partial charge in [-0.3, -0.25) is 4.35 Å². The Morgan fingerprint density at radius 2 is 2.18 bits per heavy atom. The number of hydrogen-bond donors (Lipinski definition) is 0. The first-order valence-corrected chi connectivity index (χ1v) is 6.81. The van der Waals surface area contributed by atoms with Crippen molar-refractivity contribution in [3.8, 4) is 6.07 Å². The van der Waals surface area contributed by atoms with Gasteiger partial charge in [0.25, 0.3) is 5.82 Å². The van der Waals surface area contributed by atoms with E-state index in [1.807, 2.05) is 10.4 Å². The molecule has 5 heteroatoms. The Labute approximate surface area is 66.6 Å². The van der Waals surface area contributed by atoms with Gasteiger partial charge in [0, 0.05) is 0 Å². The van der Waals surface area contributed by atoms with Gasteiger partial charge in [0.2, 0.25) is 0 Å². The molecule has 0 saturated carbocycles. The van der Waals surface area contributed by atoms with Crippen LogP contribution < -0.4 is 0 Å². The average Bonchev–Trinajstić information content (AvgIpc) is 2.32. The van der Waals surface area contributed by atoms with Gasteiger partial charge in [-0.05, 0) is 19.6 Å². The molecule has 0 bridgehead atoms. The summed E-state index contributed by atoms with van der Waals surface area (Å²) in [6.45, 7) is 6.43. The number of rotatable bonds is 1. The van der Waals surface area contributed by atoms with Crippen LogP contribution in [-0.2, 0) is 0 Å². The molecule has 1 aromatic heterocycles. The minimum Gasteiger partial charge on any atom is -0.283 e. The van der Waals surface area contributed by atoms with Crippen molar-refractivity contribution in [1.82, 2.24) is 14.4 Å². The first-order valence-electron chi connectivity index (χ1n) is 3.36. The molecule has 11 heavy (non-hydrogen) atoms. The maximum Gasteiger partial charge on any atom is 0.251 e. The summed E-state index contributed by atoms with van der Waals surface area (Å²) in [4.78, 5) is 3.83. The second kappa shape index (κ2) is 2.47. The SMILES string of the molecule is C[Si](C)(C)n1cnc(C#N)n1. The van der Waals surface area contributed by atoms with Crippen molar-refractivity contribution in [2.24, 2.45) is 0 Å². The first-order chi connectivity index (χ1) is 5.04. The molecule has 4 nitrogen and oxygen atoms in total. The Morgan fingerprint density at radius 1 is 1.55 bits per heavy atom. The van der Waals surface area contributed by atoms with Gasteiger partial charge in [0.1, 0.15) is 12.4 Å². The molecule has 0 aromatic carbocycles. The summed E-state index contributed by atoms with van der Waals surface area (Å²) in [5, 5.41) is 12.4. The monoisotopic (exact) mass is 166 g/mol. The van der Waals surface area contributed by atoms with E-state index < -0.39 is 8.24 Å². The van der Waals surface area contributed by atoms with E-state index >= 15 is 0 Å². The Kier molecular flexibility index (Phi) is 1.79. The van der Waals surface area contributed by atoms with E-state index in [0.29, 0.717) is 0 Å². The van der Waals surface area contributed by atoms with Crippen LogP contribution in [0.25, 0.3) is 0 Å². The van der Waals surface area contributed by atoms with Gasteiger partial charge in [0.05, 0.1) is 0 Å². The fraction of sp³-hybridized carbons (Fsp3) is 0.500. The predicted molar refractivity (Wildman–Crippen MR) is 43.5 cm³/mol. The molecule has 1 heterocycles. The van der Waals surface area contributed by atoms with E-state index in [1.165, 1.54) is 0 Å². The van der Waals surface area contributed by atoms with Crippen LogP contribution in [0.3, 0.4) is 0 Å². The summed E-state index contributed by atoms with van der Waals surface area (Å²) in [6, 6.07) is 1.90. The van der Waals surface area contributed by atoms with Crippen LogP contribution in [0.15, 0.2) is 6.33 Å². The van der Waals surface area contributed by atoms with Gasteiger partial charge in [0.15, 0.2) is 8.24 Å². The van der Waals surface area contributed by atoms with Gasteiger partial charge in [-0.25, -0.2) is 4.98 Å². The lowest BCUT2D eigenvalue weighted by atomic mass is 10.7. The highest BCUT2D eigenvalue weighted by molar-refractivity contribution is 6.74. The quantitative estimate of drug-likeness (QED) is 0.581. The van der Waals surface area contributed by atoms with E-state index in [9.17, 15) is 0 Å². The maximum absolute atomic E-state index is 8.44. The molecule has 0 unspecified atom stereocenters. The fourth-order valence-electron chi connectivity index (χ4n) is 0.637. The van der Waals surface area contributed by atoms with E-state index in [-0.39, 0.29) is 5.82 Å². The highest BCUT2D eigenvalue weighted by atomic mass is 28.3. The molecule has 0 saturated heterocycles. The molecule has 0 aliphatic rings. The van der Waals surface area contributed by atoms with Gasteiger partial charge in [-0.15, -0.1) is 5.10 Å². The van der Waals surface area contributed by atoms with Crippen molar-refractivity contribution in [3.63, 3.8) is 0 Å². The summed E-state index contributed by atoms with van der Waals surface area (Å²) in [5.74, 6) is 0.257. The molecular formula is C6H10N4Si. The number of nitriles is 1. The van der Waals surface area contributed by atoms with Gasteiger partial charge in [-0.1, -0.05) is 0 Å². The van der Waals surface area contributed by atoms with Gasteiger partial charge < -0.3 is 0 Å². The second-order valence-corrected chi connectivity index (χ2v) is 8.10. The van der Waals surface area contributed by atoms with E-state index in [1.54, 1.807) is 6.33 Å². The molecule has 0 atom stereocenters. The topological polar surface area (TPSA) is 54.5 Å². The van der Waals surface area contributed by atoms with E-state index in [4.69, 9.17) is 5.26 Å². The van der Waals surface area contributed by atoms with Crippen LogP contribution >= 0.6 is 0 Å². The minimum atomic E-state index is -1.44. The Bertz CT molecular complexity index is 290. The largest absolute Gasteiger partial charge is 0.283 e. The lowest BCUT2D eigenvalue weighted by Crippen LogP contribution is -2.32. The predicted octanol–water partition coefficient (Wildman–Crippen LogP) is 0.833. The van der Waals surface area contributed by atoms with Crippen LogP contribution in [0.5, 0.6) is 0 Å². The third-order valence-electron chi connectivity index (χ3n) is 1.28. The minimum absolute atomic E-state index is 0.257. The van der Waals surface area contributed by atoms with Crippen molar-refractivity contribution in [3.05, 3.63) is 12.2 Å². The average molecular weight is 166 g/mol. The molecule has 0 aliphatic carbocycles. The fourth-order valence-corrected chi connectivity index (χ4v) is 1.44. The molecule has 0 amide bonds. The zero-order chi connectivity index (χ0) is 8.48. The molecule has 1 rings (SSSR count). The number of aromatic nitrogens is 3. The normalized spacial score (nSPS) is 11.1. The van der Waals surface area contributed by atoms with E-state index in [0.717, 1.165) is 0 Å². The summed E-state index contributed by atoms with van der Waals surface area (Å²) >= 11 is 0. The molecule has 0 spiro atoms. The maximum atomic E-state index is 8.44. The summed E-state index contributed by atoms with van der Waals surface area (Å²) in [6.07, 6.45) is 1.63. The third kappa shape index (κ3) is 1.65. The van der Waals surface area contributed by atoms with Crippen molar-refractivity contribution in [1.29, 1.82) is 5.26 Å². The first kappa shape index (κ1) is 7.95. The molecule has 0 radical (unpaired) electrons. The standard InChI is InChI=1S/C6H10N4Si/c1-11(2,3)10-5-8-6(4-7)9-10/h5H,1-3H3. The van der Waals surface area contributed by atoms with Crippen molar-refractivity contribution < 1.29 is 0 Å².